The van der Waals surface area contributed by atoms with Gasteiger partial charge in [-0.3, -0.25) is 9.59 Å². The number of amides is 1. The van der Waals surface area contributed by atoms with E-state index in [1.807, 2.05) is 12.1 Å². The largest absolute Gasteiger partial charge is 0.490 e. The molecule has 0 heterocycles. The molecule has 0 aromatic heterocycles. The molecule has 0 radical (unpaired) electrons. The zero-order chi connectivity index (χ0) is 22.0. The van der Waals surface area contributed by atoms with Crippen LogP contribution in [0.1, 0.15) is 39.9 Å². The van der Waals surface area contributed by atoms with Crippen LogP contribution in [0.5, 0.6) is 0 Å². The van der Waals surface area contributed by atoms with Crippen LogP contribution in [-0.4, -0.2) is 52.3 Å². The third kappa shape index (κ3) is 8.99. The van der Waals surface area contributed by atoms with Gasteiger partial charge in [0.05, 0.1) is 6.42 Å². The van der Waals surface area contributed by atoms with Gasteiger partial charge in [0, 0.05) is 23.6 Å². The first-order valence-corrected chi connectivity index (χ1v) is 11.2. The van der Waals surface area contributed by atoms with Gasteiger partial charge in [-0.15, -0.1) is 0 Å². The molecule has 2 rings (SSSR count). The van der Waals surface area contributed by atoms with Crippen molar-refractivity contribution >= 4 is 39.4 Å². The number of halogens is 3. The van der Waals surface area contributed by atoms with E-state index in [4.69, 9.17) is 15.0 Å². The van der Waals surface area contributed by atoms with Gasteiger partial charge in [0.2, 0.25) is 0 Å². The summed E-state index contributed by atoms with van der Waals surface area (Å²) < 4.78 is 31.7. The highest BCUT2D eigenvalue weighted by atomic mass is 33.1. The molecule has 0 saturated carbocycles. The smallest absolute Gasteiger partial charge is 0.481 e. The van der Waals surface area contributed by atoms with Crippen molar-refractivity contribution in [3.05, 3.63) is 34.4 Å². The molecule has 0 unspecified atom stereocenters. The fourth-order valence-corrected chi connectivity index (χ4v) is 4.53. The second kappa shape index (κ2) is 12.0. The van der Waals surface area contributed by atoms with Crippen LogP contribution in [0.15, 0.2) is 12.1 Å². The maximum absolute atomic E-state index is 12.3. The highest BCUT2D eigenvalue weighted by Gasteiger charge is 2.38. The molecule has 0 atom stereocenters. The molecular weight excluding hydrogens is 431 g/mol. The summed E-state index contributed by atoms with van der Waals surface area (Å²) in [7, 11) is 3.13. The van der Waals surface area contributed by atoms with Crippen LogP contribution in [0.2, 0.25) is 0 Å². The Morgan fingerprint density at radius 3 is 2.24 bits per heavy atom. The summed E-state index contributed by atoms with van der Waals surface area (Å²) >= 11 is 0. The lowest BCUT2D eigenvalue weighted by Crippen LogP contribution is -2.26. The number of fused-ring (bicyclic) bond motifs is 1. The Morgan fingerprint density at radius 2 is 1.66 bits per heavy atom. The van der Waals surface area contributed by atoms with Crippen molar-refractivity contribution in [1.82, 2.24) is 5.32 Å². The van der Waals surface area contributed by atoms with E-state index in [0.717, 1.165) is 30.6 Å². The molecule has 1 aromatic rings. The molecule has 1 amide bonds. The van der Waals surface area contributed by atoms with Gasteiger partial charge in [-0.05, 0) is 48.9 Å². The van der Waals surface area contributed by atoms with Crippen LogP contribution in [0.25, 0.3) is 0 Å². The Labute approximate surface area is 174 Å². The molecule has 162 valence electrons. The van der Waals surface area contributed by atoms with Gasteiger partial charge in [-0.25, -0.2) is 4.79 Å². The number of benzene rings is 1. The average molecular weight is 454 g/mol. The second-order valence-corrected chi connectivity index (χ2v) is 8.79. The molecule has 0 aliphatic heterocycles. The minimum atomic E-state index is -5.08. The number of hydrogen-bond donors (Lipinski definition) is 3. The Hall–Kier alpha value is -1.88. The summed E-state index contributed by atoms with van der Waals surface area (Å²) in [4.78, 5) is 31.6. The van der Waals surface area contributed by atoms with Gasteiger partial charge in [0.1, 0.15) is 0 Å². The number of rotatable bonds is 8. The van der Waals surface area contributed by atoms with Crippen molar-refractivity contribution in [1.29, 1.82) is 0 Å². The van der Waals surface area contributed by atoms with E-state index in [0.29, 0.717) is 12.3 Å². The predicted octanol–water partition coefficient (Wildman–Crippen LogP) is 3.70. The average Bonchev–Trinajstić information content (AvgIpc) is 3.11. The van der Waals surface area contributed by atoms with Crippen molar-refractivity contribution in [2.24, 2.45) is 0 Å². The van der Waals surface area contributed by atoms with Gasteiger partial charge in [0.25, 0.3) is 5.91 Å². The van der Waals surface area contributed by atoms with Gasteiger partial charge < -0.3 is 15.5 Å². The number of nitrogens with one attached hydrogen (secondary N) is 1. The Morgan fingerprint density at radius 1 is 1.07 bits per heavy atom. The molecule has 0 bridgehead atoms. The third-order valence-electron chi connectivity index (χ3n) is 3.96. The van der Waals surface area contributed by atoms with Crippen LogP contribution in [0.4, 0.5) is 13.2 Å². The van der Waals surface area contributed by atoms with Crippen LogP contribution >= 0.6 is 21.6 Å². The van der Waals surface area contributed by atoms with E-state index < -0.39 is 18.1 Å². The number of hydrogen-bond acceptors (Lipinski definition) is 5. The van der Waals surface area contributed by atoms with Gasteiger partial charge in [-0.2, -0.15) is 13.2 Å². The minimum absolute atomic E-state index is 0.00860. The van der Waals surface area contributed by atoms with Crippen molar-refractivity contribution in [2.75, 3.05) is 18.1 Å². The SMILES string of the molecule is Cc1ccc(C(=O)NCCSSCCC(=O)O)c2c1CCC2.O=C(O)C(F)(F)F. The van der Waals surface area contributed by atoms with E-state index in [9.17, 15) is 22.8 Å². The number of alkyl halides is 3. The maximum Gasteiger partial charge on any atom is 0.490 e. The van der Waals surface area contributed by atoms with Crippen LogP contribution in [-0.2, 0) is 22.4 Å². The Balaban J connectivity index is 0.000000516. The molecule has 0 saturated heterocycles. The van der Waals surface area contributed by atoms with Crippen molar-refractivity contribution in [3.8, 4) is 0 Å². The second-order valence-electron chi connectivity index (χ2n) is 6.09. The zero-order valence-electron chi connectivity index (χ0n) is 15.7. The van der Waals surface area contributed by atoms with E-state index in [2.05, 4.69) is 12.2 Å². The molecule has 3 N–H and O–H groups in total. The van der Waals surface area contributed by atoms with Crippen LogP contribution in [0.3, 0.4) is 0 Å². The number of carboxylic acid groups (broad SMARTS) is 2. The summed E-state index contributed by atoms with van der Waals surface area (Å²) in [6.45, 7) is 2.71. The highest BCUT2D eigenvalue weighted by molar-refractivity contribution is 8.76. The third-order valence-corrected chi connectivity index (χ3v) is 6.37. The standard InChI is InChI=1S/C16H21NO3S2.C2HF3O2/c1-11-5-6-14(13-4-2-3-12(11)13)16(20)17-8-10-22-21-9-7-15(18)19;3-2(4,5)1(6)7/h5-6H,2-4,7-10H2,1H3,(H,17,20)(H,18,19);(H,6,7). The molecule has 11 heteroatoms. The summed E-state index contributed by atoms with van der Waals surface area (Å²) in [6, 6.07) is 3.97. The fourth-order valence-electron chi connectivity index (χ4n) is 2.65. The summed E-state index contributed by atoms with van der Waals surface area (Å²) in [5.74, 6) is -2.14. The van der Waals surface area contributed by atoms with Crippen molar-refractivity contribution < 1.29 is 37.8 Å². The molecule has 1 aliphatic rings. The number of aliphatic carboxylic acids is 2. The molecule has 6 nitrogen and oxygen atoms in total. The molecular formula is C18H22F3NO5S2. The first-order valence-electron chi connectivity index (χ1n) is 8.70. The highest BCUT2D eigenvalue weighted by Crippen LogP contribution is 2.28. The van der Waals surface area contributed by atoms with Crippen LogP contribution in [0, 0.1) is 6.92 Å². The minimum Gasteiger partial charge on any atom is -0.481 e. The molecule has 1 aromatic carbocycles. The first-order chi connectivity index (χ1) is 13.5. The van der Waals surface area contributed by atoms with Gasteiger partial charge >= 0.3 is 18.1 Å². The normalized spacial score (nSPS) is 12.6. The van der Waals surface area contributed by atoms with Crippen LogP contribution < -0.4 is 5.32 Å². The Kier molecular flexibility index (Phi) is 10.4. The lowest BCUT2D eigenvalue weighted by molar-refractivity contribution is -0.192. The van der Waals surface area contributed by atoms with Crippen molar-refractivity contribution in [2.45, 2.75) is 38.8 Å². The summed E-state index contributed by atoms with van der Waals surface area (Å²) in [5.41, 5.74) is 4.68. The molecule has 29 heavy (non-hydrogen) atoms. The summed E-state index contributed by atoms with van der Waals surface area (Å²) in [6.07, 6.45) is -1.69. The van der Waals surface area contributed by atoms with E-state index >= 15 is 0 Å². The fraction of sp³-hybridized carbons (Fsp3) is 0.500. The molecule has 0 spiro atoms. The lowest BCUT2D eigenvalue weighted by atomic mass is 9.98. The summed E-state index contributed by atoms with van der Waals surface area (Å²) in [5, 5.41) is 18.6. The zero-order valence-corrected chi connectivity index (χ0v) is 17.3. The first kappa shape index (κ1) is 25.2. The van der Waals surface area contributed by atoms with Crippen molar-refractivity contribution in [3.63, 3.8) is 0 Å². The monoisotopic (exact) mass is 453 g/mol. The predicted molar refractivity (Wildman–Crippen MR) is 106 cm³/mol. The quantitative estimate of drug-likeness (QED) is 0.407. The van der Waals surface area contributed by atoms with Gasteiger partial charge in [-0.1, -0.05) is 27.7 Å². The molecule has 1 aliphatic carbocycles. The van der Waals surface area contributed by atoms with E-state index in [1.54, 1.807) is 10.8 Å². The maximum atomic E-state index is 12.3. The Bertz CT molecular complexity index is 741. The van der Waals surface area contributed by atoms with E-state index in [-0.39, 0.29) is 12.3 Å². The number of carbonyl (C=O) groups excluding carboxylic acids is 1. The van der Waals surface area contributed by atoms with Gasteiger partial charge in [0.15, 0.2) is 0 Å². The number of aryl methyl sites for hydroxylation is 1. The number of carbonyl (C=O) groups is 3. The van der Waals surface area contributed by atoms with E-state index in [1.165, 1.54) is 27.5 Å². The number of carboxylic acids is 2. The topological polar surface area (TPSA) is 104 Å². The lowest BCUT2D eigenvalue weighted by Gasteiger charge is -2.11. The molecule has 0 fully saturated rings.